The average Bonchev–Trinajstić information content (AvgIpc) is 2.75. The average molecular weight is 266 g/mol. The summed E-state index contributed by atoms with van der Waals surface area (Å²) < 4.78 is 0. The van der Waals surface area contributed by atoms with E-state index in [2.05, 4.69) is 74.9 Å². The Bertz CT molecular complexity index is 623. The monoisotopic (exact) mass is 266 g/mol. The lowest BCUT2D eigenvalue weighted by Crippen LogP contribution is -1.94. The molecule has 0 saturated carbocycles. The van der Waals surface area contributed by atoms with Crippen molar-refractivity contribution < 1.29 is 0 Å². The minimum Gasteiger partial charge on any atom is -0.101 e. The molecular formula is C18H19P. The second kappa shape index (κ2) is 4.94. The van der Waals surface area contributed by atoms with Gasteiger partial charge in [0.15, 0.2) is 0 Å². The molecule has 0 aromatic heterocycles. The zero-order valence-corrected chi connectivity index (χ0v) is 12.6. The molecule has 2 aromatic rings. The van der Waals surface area contributed by atoms with E-state index in [-0.39, 0.29) is 7.92 Å². The third-order valence-electron chi connectivity index (χ3n) is 3.84. The van der Waals surface area contributed by atoms with Crippen LogP contribution < -0.4 is 0 Å². The molecule has 0 amide bonds. The summed E-state index contributed by atoms with van der Waals surface area (Å²) in [5, 5.41) is 0. The van der Waals surface area contributed by atoms with Gasteiger partial charge in [-0.15, -0.1) is 7.92 Å². The topological polar surface area (TPSA) is 0 Å². The molecule has 1 unspecified atom stereocenters. The standard InChI is InChI=1S/C18H19P/c1-13-12-17-15(14-8-5-4-6-9-14)10-7-11-16(17)18(13)19(2)3/h4-12,18H,1-3H3. The van der Waals surface area contributed by atoms with Crippen molar-refractivity contribution in [3.8, 4) is 11.1 Å². The van der Waals surface area contributed by atoms with Crippen molar-refractivity contribution in [2.75, 3.05) is 13.3 Å². The molecule has 3 rings (SSSR count). The van der Waals surface area contributed by atoms with E-state index in [9.17, 15) is 0 Å². The van der Waals surface area contributed by atoms with E-state index in [1.807, 2.05) is 0 Å². The third-order valence-corrected chi connectivity index (χ3v) is 5.56. The summed E-state index contributed by atoms with van der Waals surface area (Å²) in [7, 11) is 0.0229. The van der Waals surface area contributed by atoms with E-state index in [1.54, 1.807) is 0 Å². The molecule has 1 heteroatoms. The van der Waals surface area contributed by atoms with Crippen LogP contribution in [0.5, 0.6) is 0 Å². The van der Waals surface area contributed by atoms with E-state index in [4.69, 9.17) is 0 Å². The zero-order valence-electron chi connectivity index (χ0n) is 11.7. The Labute approximate surface area is 116 Å². The second-order valence-electron chi connectivity index (χ2n) is 5.43. The van der Waals surface area contributed by atoms with Crippen molar-refractivity contribution in [1.82, 2.24) is 0 Å². The molecule has 0 nitrogen and oxygen atoms in total. The van der Waals surface area contributed by atoms with Gasteiger partial charge < -0.3 is 0 Å². The van der Waals surface area contributed by atoms with Crippen LogP contribution in [0, 0.1) is 0 Å². The van der Waals surface area contributed by atoms with Crippen LogP contribution in [0.4, 0.5) is 0 Å². The first-order valence-corrected chi connectivity index (χ1v) is 9.02. The predicted octanol–water partition coefficient (Wildman–Crippen LogP) is 5.55. The third kappa shape index (κ3) is 2.15. The molecule has 0 saturated heterocycles. The predicted molar refractivity (Wildman–Crippen MR) is 87.0 cm³/mol. The highest BCUT2D eigenvalue weighted by molar-refractivity contribution is 7.56. The Hall–Kier alpha value is -1.39. The number of hydrogen-bond donors (Lipinski definition) is 0. The van der Waals surface area contributed by atoms with Crippen LogP contribution >= 0.6 is 7.92 Å². The molecule has 0 spiro atoms. The minimum atomic E-state index is 0.0229. The lowest BCUT2D eigenvalue weighted by molar-refractivity contribution is 1.14. The molecule has 0 fully saturated rings. The lowest BCUT2D eigenvalue weighted by Gasteiger charge is -2.19. The largest absolute Gasteiger partial charge is 0.101 e. The van der Waals surface area contributed by atoms with Crippen molar-refractivity contribution in [1.29, 1.82) is 0 Å². The van der Waals surface area contributed by atoms with Crippen LogP contribution in [0.2, 0.25) is 0 Å². The van der Waals surface area contributed by atoms with Crippen LogP contribution in [0.15, 0.2) is 54.1 Å². The smallest absolute Gasteiger partial charge is 0.0251 e. The summed E-state index contributed by atoms with van der Waals surface area (Å²) in [4.78, 5) is 0. The maximum atomic E-state index is 2.39. The molecule has 96 valence electrons. The number of benzene rings is 2. The molecule has 0 radical (unpaired) electrons. The fourth-order valence-electron chi connectivity index (χ4n) is 3.09. The van der Waals surface area contributed by atoms with E-state index >= 15 is 0 Å². The summed E-state index contributed by atoms with van der Waals surface area (Å²) >= 11 is 0. The summed E-state index contributed by atoms with van der Waals surface area (Å²) in [6, 6.07) is 17.5. The van der Waals surface area contributed by atoms with E-state index in [0.29, 0.717) is 5.66 Å². The van der Waals surface area contributed by atoms with E-state index < -0.39 is 0 Å². The fraction of sp³-hybridized carbons (Fsp3) is 0.222. The van der Waals surface area contributed by atoms with Crippen molar-refractivity contribution in [3.63, 3.8) is 0 Å². The fourth-order valence-corrected chi connectivity index (χ4v) is 4.76. The van der Waals surface area contributed by atoms with Gasteiger partial charge in [0.25, 0.3) is 0 Å². The van der Waals surface area contributed by atoms with Gasteiger partial charge in [-0.25, -0.2) is 0 Å². The van der Waals surface area contributed by atoms with Crippen molar-refractivity contribution in [2.24, 2.45) is 0 Å². The van der Waals surface area contributed by atoms with Gasteiger partial charge in [0.2, 0.25) is 0 Å². The molecule has 0 bridgehead atoms. The molecule has 2 aromatic carbocycles. The quantitative estimate of drug-likeness (QED) is 0.625. The maximum Gasteiger partial charge on any atom is 0.0251 e. The van der Waals surface area contributed by atoms with Gasteiger partial charge in [0.1, 0.15) is 0 Å². The summed E-state index contributed by atoms with van der Waals surface area (Å²) in [5.41, 5.74) is 7.82. The molecule has 1 atom stereocenters. The Morgan fingerprint density at radius 3 is 2.32 bits per heavy atom. The van der Waals surface area contributed by atoms with E-state index in [0.717, 1.165) is 0 Å². The first-order valence-electron chi connectivity index (χ1n) is 6.71. The molecule has 0 heterocycles. The number of hydrogen-bond acceptors (Lipinski definition) is 0. The normalized spacial score (nSPS) is 17.5. The highest BCUT2D eigenvalue weighted by Gasteiger charge is 2.26. The Morgan fingerprint density at radius 1 is 0.895 bits per heavy atom. The van der Waals surface area contributed by atoms with Gasteiger partial charge in [-0.05, 0) is 42.5 Å². The van der Waals surface area contributed by atoms with Crippen molar-refractivity contribution >= 4 is 14.0 Å². The SMILES string of the molecule is CC1=Cc2c(-c3ccccc3)cccc2C1P(C)C. The number of allylic oxidation sites excluding steroid dienone is 1. The Kier molecular flexibility index (Phi) is 3.29. The molecule has 0 N–H and O–H groups in total. The highest BCUT2D eigenvalue weighted by Crippen LogP contribution is 2.55. The van der Waals surface area contributed by atoms with Gasteiger partial charge in [0.05, 0.1) is 0 Å². The maximum absolute atomic E-state index is 2.39. The van der Waals surface area contributed by atoms with E-state index in [1.165, 1.54) is 27.8 Å². The Balaban J connectivity index is 2.17. The zero-order chi connectivity index (χ0) is 13.4. The van der Waals surface area contributed by atoms with Gasteiger partial charge in [-0.2, -0.15) is 0 Å². The lowest BCUT2D eigenvalue weighted by atomic mass is 9.97. The van der Waals surface area contributed by atoms with Gasteiger partial charge in [0, 0.05) is 5.66 Å². The molecule has 19 heavy (non-hydrogen) atoms. The summed E-state index contributed by atoms with van der Waals surface area (Å²) in [5.74, 6) is 0. The summed E-state index contributed by atoms with van der Waals surface area (Å²) in [6.07, 6.45) is 2.39. The van der Waals surface area contributed by atoms with Crippen LogP contribution in [-0.4, -0.2) is 13.3 Å². The molecule has 1 aliphatic rings. The number of fused-ring (bicyclic) bond motifs is 1. The van der Waals surface area contributed by atoms with Gasteiger partial charge in [-0.3, -0.25) is 0 Å². The minimum absolute atomic E-state index is 0.0229. The molecule has 1 aliphatic carbocycles. The molecular weight excluding hydrogens is 247 g/mol. The van der Waals surface area contributed by atoms with Gasteiger partial charge >= 0.3 is 0 Å². The second-order valence-corrected chi connectivity index (χ2v) is 7.87. The van der Waals surface area contributed by atoms with Crippen LogP contribution in [0.1, 0.15) is 23.7 Å². The van der Waals surface area contributed by atoms with Crippen molar-refractivity contribution in [2.45, 2.75) is 12.6 Å². The van der Waals surface area contributed by atoms with Crippen LogP contribution in [-0.2, 0) is 0 Å². The first-order chi connectivity index (χ1) is 9.18. The highest BCUT2D eigenvalue weighted by atomic mass is 31.1. The summed E-state index contributed by atoms with van der Waals surface area (Å²) in [6.45, 7) is 7.03. The molecule has 0 aliphatic heterocycles. The van der Waals surface area contributed by atoms with Crippen LogP contribution in [0.25, 0.3) is 17.2 Å². The van der Waals surface area contributed by atoms with Crippen molar-refractivity contribution in [3.05, 3.63) is 65.2 Å². The van der Waals surface area contributed by atoms with Gasteiger partial charge in [-0.1, -0.05) is 60.2 Å². The number of rotatable bonds is 2. The van der Waals surface area contributed by atoms with Crippen LogP contribution in [0.3, 0.4) is 0 Å². The first kappa shape index (κ1) is 12.6. The Morgan fingerprint density at radius 2 is 1.63 bits per heavy atom.